The van der Waals surface area contributed by atoms with Crippen LogP contribution in [0.4, 0.5) is 35.1 Å². The summed E-state index contributed by atoms with van der Waals surface area (Å²) in [5, 5.41) is 27.4. The molecule has 23 heavy (non-hydrogen) atoms. The number of aromatic hydroxyl groups is 1. The molecule has 0 bridgehead atoms. The smallest absolute Gasteiger partial charge is 0.384 e. The molecule has 3 nitrogen and oxygen atoms in total. The van der Waals surface area contributed by atoms with E-state index in [1.165, 1.54) is 0 Å². The van der Waals surface area contributed by atoms with Gasteiger partial charge in [0.2, 0.25) is 0 Å². The monoisotopic (exact) mass is 354 g/mol. The molecule has 3 N–H and O–H groups in total. The first-order valence-corrected chi connectivity index (χ1v) is 5.75. The molecule has 0 saturated carbocycles. The van der Waals surface area contributed by atoms with Gasteiger partial charge in [-0.3, -0.25) is 0 Å². The van der Waals surface area contributed by atoms with Gasteiger partial charge >= 0.3 is 23.7 Å². The average Bonchev–Trinajstić information content (AvgIpc) is 2.37. The summed E-state index contributed by atoms with van der Waals surface area (Å²) in [5.74, 6) is -30.9. The molecular formula is C12H10F8O3. The van der Waals surface area contributed by atoms with Gasteiger partial charge in [-0.05, 0) is 24.3 Å². The normalized spacial score (nSPS) is 14.9. The molecule has 0 spiro atoms. The third kappa shape index (κ3) is 2.71. The summed E-state index contributed by atoms with van der Waals surface area (Å²) in [4.78, 5) is 0. The van der Waals surface area contributed by atoms with Crippen LogP contribution in [0.5, 0.6) is 5.75 Å². The van der Waals surface area contributed by atoms with Crippen LogP contribution in [0, 0.1) is 0 Å². The third-order valence-electron chi connectivity index (χ3n) is 3.05. The lowest BCUT2D eigenvalue weighted by Crippen LogP contribution is -2.67. The summed E-state index contributed by atoms with van der Waals surface area (Å²) in [5.41, 5.74) is -1.42. The molecule has 0 aliphatic rings. The van der Waals surface area contributed by atoms with Gasteiger partial charge in [0, 0.05) is 12.5 Å². The maximum absolute atomic E-state index is 13.7. The summed E-state index contributed by atoms with van der Waals surface area (Å²) in [6, 6.07) is 1.78. The molecule has 0 unspecified atom stereocenters. The lowest BCUT2D eigenvalue weighted by Gasteiger charge is -2.40. The van der Waals surface area contributed by atoms with E-state index in [9.17, 15) is 45.3 Å². The van der Waals surface area contributed by atoms with Gasteiger partial charge in [0.15, 0.2) is 0 Å². The minimum Gasteiger partial charge on any atom is -0.508 e. The van der Waals surface area contributed by atoms with Crippen molar-refractivity contribution in [3.05, 3.63) is 29.8 Å². The number of hydrogen-bond donors (Lipinski definition) is 3. The largest absolute Gasteiger partial charge is 0.508 e. The lowest BCUT2D eigenvalue weighted by atomic mass is 9.89. The van der Waals surface area contributed by atoms with Crippen molar-refractivity contribution in [2.45, 2.75) is 36.4 Å². The Morgan fingerprint density at radius 2 is 1.09 bits per heavy atom. The molecular weight excluding hydrogens is 344 g/mol. The van der Waals surface area contributed by atoms with Crippen molar-refractivity contribution in [2.75, 3.05) is 0 Å². The molecule has 0 radical (unpaired) electrons. The van der Waals surface area contributed by atoms with Crippen molar-refractivity contribution in [2.24, 2.45) is 0 Å². The highest BCUT2D eigenvalue weighted by Gasteiger charge is 2.84. The predicted octanol–water partition coefficient (Wildman–Crippen LogP) is 3.09. The van der Waals surface area contributed by atoms with Crippen molar-refractivity contribution in [3.63, 3.8) is 0 Å². The number of halogens is 8. The molecule has 1 rings (SSSR count). The molecule has 11 heteroatoms. The predicted molar refractivity (Wildman–Crippen MR) is 59.7 cm³/mol. The highest BCUT2D eigenvalue weighted by Crippen LogP contribution is 2.56. The minimum atomic E-state index is -6.82. The minimum absolute atomic E-state index is 0.321. The van der Waals surface area contributed by atoms with Gasteiger partial charge < -0.3 is 15.3 Å². The molecule has 0 amide bonds. The zero-order chi connectivity index (χ0) is 18.5. The van der Waals surface area contributed by atoms with Crippen molar-refractivity contribution < 1.29 is 50.4 Å². The standard InChI is InChI=1S/C12H10F8O3/c1-8(13,14)10(15,16)12(19,20)11(17,18)9(22,23)6-2-4-7(21)5-3-6/h2-5,21-23H,1H3. The molecule has 1 aromatic carbocycles. The van der Waals surface area contributed by atoms with E-state index >= 15 is 0 Å². The van der Waals surface area contributed by atoms with Crippen LogP contribution in [0.15, 0.2) is 24.3 Å². The van der Waals surface area contributed by atoms with E-state index in [2.05, 4.69) is 0 Å². The second kappa shape index (κ2) is 5.20. The van der Waals surface area contributed by atoms with Crippen molar-refractivity contribution in [3.8, 4) is 5.75 Å². The van der Waals surface area contributed by atoms with Crippen molar-refractivity contribution in [1.29, 1.82) is 0 Å². The molecule has 0 fully saturated rings. The van der Waals surface area contributed by atoms with Crippen LogP contribution in [0.2, 0.25) is 0 Å². The highest BCUT2D eigenvalue weighted by atomic mass is 19.4. The number of hydrogen-bond acceptors (Lipinski definition) is 3. The van der Waals surface area contributed by atoms with E-state index in [0.717, 1.165) is 0 Å². The second-order valence-corrected chi connectivity index (χ2v) is 4.83. The zero-order valence-electron chi connectivity index (χ0n) is 11.2. The van der Waals surface area contributed by atoms with E-state index in [4.69, 9.17) is 5.11 Å². The Bertz CT molecular complexity index is 563. The summed E-state index contributed by atoms with van der Waals surface area (Å²) in [7, 11) is 0. The topological polar surface area (TPSA) is 60.7 Å². The SMILES string of the molecule is CC(F)(F)C(F)(F)C(F)(F)C(F)(F)C(O)(O)c1ccc(O)cc1. The first kappa shape index (κ1) is 19.4. The second-order valence-electron chi connectivity index (χ2n) is 4.83. The first-order valence-electron chi connectivity index (χ1n) is 5.75. The van der Waals surface area contributed by atoms with Gasteiger partial charge in [0.25, 0.3) is 5.79 Å². The summed E-state index contributed by atoms with van der Waals surface area (Å²) < 4.78 is 105. The van der Waals surface area contributed by atoms with Crippen LogP contribution in [0.3, 0.4) is 0 Å². The molecule has 132 valence electrons. The molecule has 0 aromatic heterocycles. The average molecular weight is 354 g/mol. The van der Waals surface area contributed by atoms with Crippen molar-refractivity contribution >= 4 is 0 Å². The Labute approximate surface area is 123 Å². The van der Waals surface area contributed by atoms with Crippen LogP contribution >= 0.6 is 0 Å². The fourth-order valence-electron chi connectivity index (χ4n) is 1.57. The van der Waals surface area contributed by atoms with Gasteiger partial charge in [-0.15, -0.1) is 0 Å². The first-order chi connectivity index (χ1) is 10.00. The quantitative estimate of drug-likeness (QED) is 0.563. The number of phenols is 1. The number of rotatable bonds is 5. The third-order valence-corrected chi connectivity index (χ3v) is 3.05. The number of aliphatic hydroxyl groups is 2. The van der Waals surface area contributed by atoms with Crippen LogP contribution in [0.1, 0.15) is 12.5 Å². The molecule has 0 aliphatic carbocycles. The number of phenolic OH excluding ortho intramolecular Hbond substituents is 1. The molecule has 1 aromatic rings. The van der Waals surface area contributed by atoms with Gasteiger partial charge in [-0.1, -0.05) is 0 Å². The van der Waals surface area contributed by atoms with Crippen LogP contribution in [0.25, 0.3) is 0 Å². The summed E-state index contributed by atoms with van der Waals surface area (Å²) >= 11 is 0. The number of benzene rings is 1. The van der Waals surface area contributed by atoms with Gasteiger partial charge in [-0.2, -0.15) is 35.1 Å². The Hall–Kier alpha value is -1.62. The fraction of sp³-hybridized carbons (Fsp3) is 0.500. The highest BCUT2D eigenvalue weighted by molar-refractivity contribution is 5.31. The van der Waals surface area contributed by atoms with Crippen LogP contribution in [-0.4, -0.2) is 39.0 Å². The Morgan fingerprint density at radius 3 is 1.43 bits per heavy atom. The van der Waals surface area contributed by atoms with E-state index in [0.29, 0.717) is 24.3 Å². The summed E-state index contributed by atoms with van der Waals surface area (Å²) in [6.07, 6.45) is 0. The number of alkyl halides is 8. The maximum atomic E-state index is 13.7. The Morgan fingerprint density at radius 1 is 0.696 bits per heavy atom. The van der Waals surface area contributed by atoms with Crippen LogP contribution < -0.4 is 0 Å². The molecule has 0 saturated heterocycles. The fourth-order valence-corrected chi connectivity index (χ4v) is 1.57. The van der Waals surface area contributed by atoms with E-state index < -0.39 is 47.7 Å². The van der Waals surface area contributed by atoms with Gasteiger partial charge in [0.1, 0.15) is 5.75 Å². The van der Waals surface area contributed by atoms with Crippen molar-refractivity contribution in [1.82, 2.24) is 0 Å². The van der Waals surface area contributed by atoms with Gasteiger partial charge in [0.05, 0.1) is 0 Å². The van der Waals surface area contributed by atoms with E-state index in [-0.39, 0.29) is 0 Å². The molecule has 0 aliphatic heterocycles. The molecule has 0 atom stereocenters. The van der Waals surface area contributed by atoms with E-state index in [1.807, 2.05) is 0 Å². The Kier molecular flexibility index (Phi) is 4.39. The van der Waals surface area contributed by atoms with Gasteiger partial charge in [-0.25, -0.2) is 0 Å². The zero-order valence-corrected chi connectivity index (χ0v) is 11.2. The van der Waals surface area contributed by atoms with E-state index in [1.54, 1.807) is 0 Å². The molecule has 0 heterocycles. The maximum Gasteiger partial charge on any atom is 0.384 e. The lowest BCUT2D eigenvalue weighted by molar-refractivity contribution is -0.428. The Balaban J connectivity index is 3.45. The van der Waals surface area contributed by atoms with Crippen LogP contribution in [-0.2, 0) is 5.79 Å². The summed E-state index contributed by atoms with van der Waals surface area (Å²) in [6.45, 7) is -0.714.